The van der Waals surface area contributed by atoms with E-state index in [1.54, 1.807) is 18.5 Å². The van der Waals surface area contributed by atoms with Crippen LogP contribution in [0.3, 0.4) is 0 Å². The zero-order valence-electron chi connectivity index (χ0n) is 19.7. The number of nitrogens with one attached hydrogen (secondary N) is 2. The summed E-state index contributed by atoms with van der Waals surface area (Å²) >= 11 is 0. The molecule has 0 spiro atoms. The summed E-state index contributed by atoms with van der Waals surface area (Å²) in [6.45, 7) is 6.37. The number of alkyl halides is 3. The molecule has 5 rings (SSSR count). The third-order valence-electron chi connectivity index (χ3n) is 6.30. The molecule has 1 aliphatic heterocycles. The number of nitrogens with zero attached hydrogens (tertiary/aromatic N) is 5. The molecule has 4 aromatic heterocycles. The quantitative estimate of drug-likeness (QED) is 0.392. The van der Waals surface area contributed by atoms with Crippen molar-refractivity contribution < 1.29 is 13.2 Å². The van der Waals surface area contributed by atoms with Gasteiger partial charge in [-0.05, 0) is 63.8 Å². The van der Waals surface area contributed by atoms with Crippen molar-refractivity contribution in [1.29, 1.82) is 0 Å². The first-order chi connectivity index (χ1) is 16.7. The first kappa shape index (κ1) is 24.5. The van der Waals surface area contributed by atoms with Crippen LogP contribution in [0, 0.1) is 0 Å². The van der Waals surface area contributed by atoms with Gasteiger partial charge in [-0.15, -0.1) is 0 Å². The number of nitrogens with two attached hydrogens (primary N) is 1. The normalized spacial score (nSPS) is 16.1. The largest absolute Gasteiger partial charge is 0.405 e. The number of hydrogen-bond donors (Lipinski definition) is 3. The lowest BCUT2D eigenvalue weighted by Crippen LogP contribution is -2.37. The second kappa shape index (κ2) is 9.95. The van der Waals surface area contributed by atoms with Crippen LogP contribution in [-0.4, -0.2) is 61.8 Å². The number of aromatic amines is 1. The van der Waals surface area contributed by atoms with Gasteiger partial charge in [0.15, 0.2) is 0 Å². The average molecular weight is 487 g/mol. The SMILES string of the molecule is C=CN.CC(c1cnn2ccc(-c3c[nH]c4nc(NC5CCN(C)CC5)ncc34)cc12)C(F)(F)F. The van der Waals surface area contributed by atoms with Gasteiger partial charge >= 0.3 is 6.18 Å². The lowest BCUT2D eigenvalue weighted by atomic mass is 10.0. The molecule has 0 amide bonds. The molecule has 1 saturated heterocycles. The zero-order chi connectivity index (χ0) is 25.2. The number of hydrogen-bond acceptors (Lipinski definition) is 6. The third-order valence-corrected chi connectivity index (χ3v) is 6.30. The fraction of sp³-hybridized carbons (Fsp3) is 0.375. The van der Waals surface area contributed by atoms with E-state index in [0.29, 0.717) is 23.2 Å². The van der Waals surface area contributed by atoms with Gasteiger partial charge in [-0.2, -0.15) is 23.3 Å². The van der Waals surface area contributed by atoms with Crippen molar-refractivity contribution in [2.45, 2.75) is 37.9 Å². The van der Waals surface area contributed by atoms with E-state index in [2.05, 4.69) is 49.6 Å². The summed E-state index contributed by atoms with van der Waals surface area (Å²) in [6.07, 6.45) is 5.53. The Morgan fingerprint density at radius 3 is 2.69 bits per heavy atom. The summed E-state index contributed by atoms with van der Waals surface area (Å²) in [6, 6.07) is 3.91. The number of fused-ring (bicyclic) bond motifs is 2. The number of pyridine rings is 1. The zero-order valence-corrected chi connectivity index (χ0v) is 19.7. The maximum atomic E-state index is 13.3. The Morgan fingerprint density at radius 2 is 2.00 bits per heavy atom. The molecule has 35 heavy (non-hydrogen) atoms. The Labute approximate surface area is 201 Å². The molecule has 0 aliphatic carbocycles. The third kappa shape index (κ3) is 5.24. The Balaban J connectivity index is 0.000000917. The van der Waals surface area contributed by atoms with E-state index in [1.165, 1.54) is 16.9 Å². The van der Waals surface area contributed by atoms with E-state index >= 15 is 0 Å². The maximum Gasteiger partial charge on any atom is 0.395 e. The van der Waals surface area contributed by atoms with Gasteiger partial charge in [-0.3, -0.25) is 0 Å². The monoisotopic (exact) mass is 486 g/mol. The minimum atomic E-state index is -4.33. The fourth-order valence-corrected chi connectivity index (χ4v) is 4.23. The summed E-state index contributed by atoms with van der Waals surface area (Å²) in [5.41, 5.74) is 7.49. The molecular formula is C24H29F3N8. The average Bonchev–Trinajstić information content (AvgIpc) is 3.43. The molecule has 5 heterocycles. The van der Waals surface area contributed by atoms with E-state index < -0.39 is 12.1 Å². The van der Waals surface area contributed by atoms with Crippen molar-refractivity contribution in [2.75, 3.05) is 25.5 Å². The summed E-state index contributed by atoms with van der Waals surface area (Å²) in [7, 11) is 2.12. The highest BCUT2D eigenvalue weighted by Crippen LogP contribution is 2.37. The van der Waals surface area contributed by atoms with Crippen LogP contribution in [0.25, 0.3) is 27.7 Å². The molecule has 8 nitrogen and oxygen atoms in total. The first-order valence-electron chi connectivity index (χ1n) is 11.4. The van der Waals surface area contributed by atoms with E-state index in [9.17, 15) is 13.2 Å². The smallest absolute Gasteiger partial charge is 0.395 e. The molecule has 11 heteroatoms. The van der Waals surface area contributed by atoms with Crippen molar-refractivity contribution in [2.24, 2.45) is 5.73 Å². The lowest BCUT2D eigenvalue weighted by Gasteiger charge is -2.29. The maximum absolute atomic E-state index is 13.3. The topological polar surface area (TPSA) is 100 Å². The fourth-order valence-electron chi connectivity index (χ4n) is 4.23. The van der Waals surface area contributed by atoms with Crippen LogP contribution in [-0.2, 0) is 0 Å². The Kier molecular flexibility index (Phi) is 6.97. The van der Waals surface area contributed by atoms with Gasteiger partial charge < -0.3 is 20.9 Å². The van der Waals surface area contributed by atoms with Gasteiger partial charge in [0.25, 0.3) is 0 Å². The van der Waals surface area contributed by atoms with Gasteiger partial charge in [0.2, 0.25) is 5.95 Å². The molecule has 0 radical (unpaired) electrons. The molecule has 4 aromatic rings. The van der Waals surface area contributed by atoms with Crippen molar-refractivity contribution in [3.63, 3.8) is 0 Å². The summed E-state index contributed by atoms with van der Waals surface area (Å²) in [5, 5.41) is 8.31. The van der Waals surface area contributed by atoms with Crippen LogP contribution in [0.4, 0.5) is 19.1 Å². The van der Waals surface area contributed by atoms with Crippen LogP contribution < -0.4 is 11.1 Å². The van der Waals surface area contributed by atoms with E-state index in [1.807, 2.05) is 12.3 Å². The number of aromatic nitrogens is 5. The Bertz CT molecular complexity index is 1300. The van der Waals surface area contributed by atoms with E-state index in [-0.39, 0.29) is 5.56 Å². The molecule has 1 unspecified atom stereocenters. The predicted molar refractivity (Wildman–Crippen MR) is 131 cm³/mol. The molecule has 1 aliphatic rings. The van der Waals surface area contributed by atoms with Gasteiger partial charge in [0.05, 0.1) is 17.6 Å². The second-order valence-corrected chi connectivity index (χ2v) is 8.72. The molecule has 0 aromatic carbocycles. The Hall–Kier alpha value is -3.60. The van der Waals surface area contributed by atoms with Gasteiger partial charge in [-0.1, -0.05) is 6.58 Å². The number of rotatable bonds is 4. The first-order valence-corrected chi connectivity index (χ1v) is 11.4. The van der Waals surface area contributed by atoms with Crippen LogP contribution in [0.15, 0.2) is 49.7 Å². The van der Waals surface area contributed by atoms with Crippen LogP contribution in [0.5, 0.6) is 0 Å². The number of piperidine rings is 1. The van der Waals surface area contributed by atoms with Crippen molar-refractivity contribution in [1.82, 2.24) is 29.5 Å². The summed E-state index contributed by atoms with van der Waals surface area (Å²) in [5.74, 6) is -1.03. The van der Waals surface area contributed by atoms with Gasteiger partial charge in [0.1, 0.15) is 5.65 Å². The lowest BCUT2D eigenvalue weighted by molar-refractivity contribution is -0.146. The summed E-state index contributed by atoms with van der Waals surface area (Å²) < 4.78 is 41.3. The predicted octanol–water partition coefficient (Wildman–Crippen LogP) is 4.53. The van der Waals surface area contributed by atoms with Gasteiger partial charge in [0, 0.05) is 41.1 Å². The number of H-pyrrole nitrogens is 1. The highest BCUT2D eigenvalue weighted by atomic mass is 19.4. The number of anilines is 1. The minimum Gasteiger partial charge on any atom is -0.405 e. The Morgan fingerprint density at radius 1 is 1.29 bits per heavy atom. The molecule has 0 saturated carbocycles. The molecule has 1 fully saturated rings. The van der Waals surface area contributed by atoms with E-state index in [4.69, 9.17) is 0 Å². The standard InChI is InChI=1S/C22H24F3N7.C2H5N/c1-13(22(23,24)25)16-12-28-32-8-3-14(9-19(16)32)17-10-26-20-18(17)11-27-21(30-20)29-15-4-6-31(2)7-5-15;1-2-3/h3,8-13,15H,4-7H2,1-2H3,(H2,26,27,29,30);2H,1,3H2. The van der Waals surface area contributed by atoms with Crippen molar-refractivity contribution >= 4 is 22.5 Å². The highest BCUT2D eigenvalue weighted by Gasteiger charge is 2.38. The van der Waals surface area contributed by atoms with Crippen LogP contribution >= 0.6 is 0 Å². The highest BCUT2D eigenvalue weighted by molar-refractivity contribution is 5.94. The molecule has 4 N–H and O–H groups in total. The van der Waals surface area contributed by atoms with Crippen molar-refractivity contribution in [3.8, 4) is 11.1 Å². The molecule has 186 valence electrons. The molecule has 1 atom stereocenters. The minimum absolute atomic E-state index is 0.153. The molecule has 0 bridgehead atoms. The van der Waals surface area contributed by atoms with Crippen LogP contribution in [0.2, 0.25) is 0 Å². The number of likely N-dealkylation sites (tertiary alicyclic amines) is 1. The van der Waals surface area contributed by atoms with Crippen LogP contribution in [0.1, 0.15) is 31.2 Å². The van der Waals surface area contributed by atoms with Crippen molar-refractivity contribution in [3.05, 3.63) is 55.3 Å². The second-order valence-electron chi connectivity index (χ2n) is 8.72. The molecular weight excluding hydrogens is 457 g/mol. The summed E-state index contributed by atoms with van der Waals surface area (Å²) in [4.78, 5) is 14.6. The van der Waals surface area contributed by atoms with E-state index in [0.717, 1.165) is 49.4 Å². The van der Waals surface area contributed by atoms with Gasteiger partial charge in [-0.25, -0.2) is 9.50 Å². The number of halogens is 3.